The van der Waals surface area contributed by atoms with Crippen LogP contribution in [0.3, 0.4) is 0 Å². The highest BCUT2D eigenvalue weighted by Crippen LogP contribution is 2.40. The van der Waals surface area contributed by atoms with E-state index in [-0.39, 0.29) is 29.9 Å². The van der Waals surface area contributed by atoms with Gasteiger partial charge in [-0.2, -0.15) is 0 Å². The number of fused-ring (bicyclic) bond motifs is 1. The maximum absolute atomic E-state index is 12.7. The molecular weight excluding hydrogens is 342 g/mol. The SMILES string of the molecule is O=C(CN(C1CC1)C1CCCc2ccccc21)Nc1ccccc1[N+](=O)[O-]. The Kier molecular flexibility index (Phi) is 4.90. The van der Waals surface area contributed by atoms with Gasteiger partial charge in [0.15, 0.2) is 0 Å². The van der Waals surface area contributed by atoms with E-state index >= 15 is 0 Å². The molecule has 6 heteroatoms. The lowest BCUT2D eigenvalue weighted by atomic mass is 9.86. The van der Waals surface area contributed by atoms with Gasteiger partial charge in [0.25, 0.3) is 5.69 Å². The molecule has 0 bridgehead atoms. The summed E-state index contributed by atoms with van der Waals surface area (Å²) in [5, 5.41) is 13.9. The third kappa shape index (κ3) is 3.85. The topological polar surface area (TPSA) is 75.5 Å². The predicted molar refractivity (Wildman–Crippen MR) is 104 cm³/mol. The molecule has 1 saturated carbocycles. The summed E-state index contributed by atoms with van der Waals surface area (Å²) < 4.78 is 0. The molecule has 0 aromatic heterocycles. The fourth-order valence-corrected chi connectivity index (χ4v) is 4.07. The van der Waals surface area contributed by atoms with Crippen LogP contribution in [0.25, 0.3) is 0 Å². The van der Waals surface area contributed by atoms with E-state index in [1.54, 1.807) is 18.2 Å². The van der Waals surface area contributed by atoms with Crippen molar-refractivity contribution in [2.75, 3.05) is 11.9 Å². The molecule has 0 radical (unpaired) electrons. The zero-order valence-corrected chi connectivity index (χ0v) is 15.1. The summed E-state index contributed by atoms with van der Waals surface area (Å²) in [4.78, 5) is 25.7. The van der Waals surface area contributed by atoms with E-state index in [1.165, 1.54) is 17.2 Å². The van der Waals surface area contributed by atoms with Crippen LogP contribution in [0, 0.1) is 10.1 Å². The predicted octanol–water partition coefficient (Wildman–Crippen LogP) is 4.08. The van der Waals surface area contributed by atoms with Gasteiger partial charge in [0, 0.05) is 18.2 Å². The lowest BCUT2D eigenvalue weighted by molar-refractivity contribution is -0.383. The molecule has 0 aliphatic heterocycles. The lowest BCUT2D eigenvalue weighted by Crippen LogP contribution is -2.39. The van der Waals surface area contributed by atoms with Crippen molar-refractivity contribution in [1.82, 2.24) is 4.90 Å². The van der Waals surface area contributed by atoms with Crippen LogP contribution in [0.15, 0.2) is 48.5 Å². The van der Waals surface area contributed by atoms with Gasteiger partial charge in [-0.05, 0) is 49.3 Å². The number of anilines is 1. The van der Waals surface area contributed by atoms with Gasteiger partial charge < -0.3 is 5.32 Å². The molecule has 1 unspecified atom stereocenters. The smallest absolute Gasteiger partial charge is 0.292 e. The highest BCUT2D eigenvalue weighted by atomic mass is 16.6. The first-order valence-electron chi connectivity index (χ1n) is 9.50. The summed E-state index contributed by atoms with van der Waals surface area (Å²) in [6.45, 7) is 0.260. The number of aryl methyl sites for hydroxylation is 1. The van der Waals surface area contributed by atoms with Crippen LogP contribution in [-0.2, 0) is 11.2 Å². The summed E-state index contributed by atoms with van der Waals surface area (Å²) in [5.41, 5.74) is 2.88. The van der Waals surface area contributed by atoms with Gasteiger partial charge in [0.05, 0.1) is 11.5 Å². The van der Waals surface area contributed by atoms with E-state index in [1.807, 2.05) is 0 Å². The summed E-state index contributed by atoms with van der Waals surface area (Å²) in [6, 6.07) is 15.5. The van der Waals surface area contributed by atoms with E-state index in [2.05, 4.69) is 34.5 Å². The second-order valence-corrected chi connectivity index (χ2v) is 7.33. The van der Waals surface area contributed by atoms with Crippen LogP contribution in [-0.4, -0.2) is 28.3 Å². The van der Waals surface area contributed by atoms with Gasteiger partial charge in [-0.3, -0.25) is 19.8 Å². The largest absolute Gasteiger partial charge is 0.319 e. The second-order valence-electron chi connectivity index (χ2n) is 7.33. The number of nitrogens with zero attached hydrogens (tertiary/aromatic N) is 2. The molecule has 0 spiro atoms. The maximum Gasteiger partial charge on any atom is 0.292 e. The van der Waals surface area contributed by atoms with Crippen LogP contribution in [0.4, 0.5) is 11.4 Å². The van der Waals surface area contributed by atoms with Crippen LogP contribution < -0.4 is 5.32 Å². The minimum atomic E-state index is -0.467. The number of amides is 1. The van der Waals surface area contributed by atoms with Crippen molar-refractivity contribution in [1.29, 1.82) is 0 Å². The molecule has 2 aromatic rings. The van der Waals surface area contributed by atoms with Gasteiger partial charge in [0.2, 0.25) is 5.91 Å². The maximum atomic E-state index is 12.7. The zero-order valence-electron chi connectivity index (χ0n) is 15.1. The molecule has 1 atom stereocenters. The average Bonchev–Trinajstić information content (AvgIpc) is 3.51. The highest BCUT2D eigenvalue weighted by Gasteiger charge is 2.37. The van der Waals surface area contributed by atoms with Gasteiger partial charge in [-0.15, -0.1) is 0 Å². The molecule has 1 amide bonds. The number of carbonyl (C=O) groups is 1. The first-order valence-corrected chi connectivity index (χ1v) is 9.50. The molecule has 0 saturated heterocycles. The van der Waals surface area contributed by atoms with Crippen molar-refractivity contribution >= 4 is 17.3 Å². The molecule has 140 valence electrons. The molecule has 2 aromatic carbocycles. The third-order valence-corrected chi connectivity index (χ3v) is 5.46. The number of nitro benzene ring substituents is 1. The Morgan fingerprint density at radius 2 is 1.85 bits per heavy atom. The van der Waals surface area contributed by atoms with E-state index in [0.29, 0.717) is 6.04 Å². The molecule has 1 N–H and O–H groups in total. The van der Waals surface area contributed by atoms with Crippen LogP contribution >= 0.6 is 0 Å². The van der Waals surface area contributed by atoms with E-state index in [9.17, 15) is 14.9 Å². The molecular formula is C21H23N3O3. The molecule has 4 rings (SSSR count). The van der Waals surface area contributed by atoms with Gasteiger partial charge >= 0.3 is 0 Å². The number of rotatable bonds is 6. The number of benzene rings is 2. The number of carbonyl (C=O) groups excluding carboxylic acids is 1. The van der Waals surface area contributed by atoms with E-state index in [0.717, 1.165) is 32.1 Å². The summed E-state index contributed by atoms with van der Waals surface area (Å²) in [5.74, 6) is -0.195. The van der Waals surface area contributed by atoms with Crippen molar-refractivity contribution in [3.05, 3.63) is 69.8 Å². The standard InChI is InChI=1S/C21H23N3O3/c25-21(22-18-9-3-4-10-20(18)24(26)27)14-23(16-12-13-16)19-11-5-7-15-6-1-2-8-17(15)19/h1-4,6,8-10,16,19H,5,7,11-14H2,(H,22,25). The van der Waals surface area contributed by atoms with Gasteiger partial charge in [0.1, 0.15) is 5.69 Å². The van der Waals surface area contributed by atoms with Gasteiger partial charge in [-0.25, -0.2) is 0 Å². The number of hydrogen-bond acceptors (Lipinski definition) is 4. The Balaban J connectivity index is 1.52. The molecule has 6 nitrogen and oxygen atoms in total. The van der Waals surface area contributed by atoms with E-state index in [4.69, 9.17) is 0 Å². The summed E-state index contributed by atoms with van der Waals surface area (Å²) >= 11 is 0. The van der Waals surface area contributed by atoms with Crippen LogP contribution in [0.1, 0.15) is 42.9 Å². The Bertz CT molecular complexity index is 863. The molecule has 27 heavy (non-hydrogen) atoms. The van der Waals surface area contributed by atoms with Crippen molar-refractivity contribution < 1.29 is 9.72 Å². The molecule has 2 aliphatic carbocycles. The lowest BCUT2D eigenvalue weighted by Gasteiger charge is -2.35. The molecule has 1 fully saturated rings. The molecule has 0 heterocycles. The van der Waals surface area contributed by atoms with E-state index < -0.39 is 4.92 Å². The Hall–Kier alpha value is -2.73. The normalized spacial score (nSPS) is 18.8. The first-order chi connectivity index (χ1) is 13.1. The Morgan fingerprint density at radius 3 is 2.63 bits per heavy atom. The van der Waals surface area contributed by atoms with Gasteiger partial charge in [-0.1, -0.05) is 36.4 Å². The summed E-state index contributed by atoms with van der Waals surface area (Å²) in [6.07, 6.45) is 5.48. The highest BCUT2D eigenvalue weighted by molar-refractivity contribution is 5.94. The van der Waals surface area contributed by atoms with Crippen molar-refractivity contribution in [3.63, 3.8) is 0 Å². The zero-order chi connectivity index (χ0) is 18.8. The number of nitro groups is 1. The number of nitrogens with one attached hydrogen (secondary N) is 1. The average molecular weight is 365 g/mol. The third-order valence-electron chi connectivity index (χ3n) is 5.46. The van der Waals surface area contributed by atoms with Crippen molar-refractivity contribution in [3.8, 4) is 0 Å². The first kappa shape index (κ1) is 17.7. The Labute approximate surface area is 158 Å². The fraction of sp³-hybridized carbons (Fsp3) is 0.381. The minimum absolute atomic E-state index is 0.0770. The second kappa shape index (κ2) is 7.48. The molecule has 2 aliphatic rings. The van der Waals surface area contributed by atoms with Crippen LogP contribution in [0.2, 0.25) is 0 Å². The minimum Gasteiger partial charge on any atom is -0.319 e. The van der Waals surface area contributed by atoms with Crippen molar-refractivity contribution in [2.24, 2.45) is 0 Å². The Morgan fingerprint density at radius 1 is 1.11 bits per heavy atom. The fourth-order valence-electron chi connectivity index (χ4n) is 4.07. The number of para-hydroxylation sites is 2. The van der Waals surface area contributed by atoms with Crippen molar-refractivity contribution in [2.45, 2.75) is 44.2 Å². The monoisotopic (exact) mass is 365 g/mol. The summed E-state index contributed by atoms with van der Waals surface area (Å²) in [7, 11) is 0. The van der Waals surface area contributed by atoms with Crippen LogP contribution in [0.5, 0.6) is 0 Å². The number of hydrogen-bond donors (Lipinski definition) is 1. The quantitative estimate of drug-likeness (QED) is 0.618.